The molecule has 1 aromatic heterocycles. The third-order valence-corrected chi connectivity index (χ3v) is 4.21. The summed E-state index contributed by atoms with van der Waals surface area (Å²) in [6.07, 6.45) is 1.79. The number of amides is 1. The summed E-state index contributed by atoms with van der Waals surface area (Å²) >= 11 is 0. The lowest BCUT2D eigenvalue weighted by molar-refractivity contribution is 0.0958. The second-order valence-corrected chi connectivity index (χ2v) is 6.00. The Balaban J connectivity index is 1.43. The van der Waals surface area contributed by atoms with E-state index in [4.69, 9.17) is 0 Å². The number of para-hydroxylation sites is 2. The van der Waals surface area contributed by atoms with Gasteiger partial charge < -0.3 is 5.32 Å². The van der Waals surface area contributed by atoms with Gasteiger partial charge in [-0.05, 0) is 48.5 Å². The highest BCUT2D eigenvalue weighted by Gasteiger charge is 2.07. The Hall–Kier alpha value is -3.84. The molecular formula is C23H17N3O. The molecule has 4 nitrogen and oxygen atoms in total. The molecule has 4 heteroatoms. The molecule has 0 aliphatic heterocycles. The maximum absolute atomic E-state index is 12.3. The van der Waals surface area contributed by atoms with E-state index in [0.717, 1.165) is 22.3 Å². The fourth-order valence-electron chi connectivity index (χ4n) is 2.83. The van der Waals surface area contributed by atoms with Gasteiger partial charge in [-0.2, -0.15) is 0 Å². The highest BCUT2D eigenvalue weighted by atomic mass is 16.1. The Morgan fingerprint density at radius 1 is 0.926 bits per heavy atom. The first-order valence-corrected chi connectivity index (χ1v) is 8.66. The van der Waals surface area contributed by atoms with E-state index in [1.807, 2.05) is 83.4 Å². The molecule has 0 unspecified atom stereocenters. The predicted molar refractivity (Wildman–Crippen MR) is 107 cm³/mol. The number of aromatic nitrogens is 2. The van der Waals surface area contributed by atoms with E-state index in [0.29, 0.717) is 12.1 Å². The molecule has 0 aliphatic rings. The van der Waals surface area contributed by atoms with Crippen LogP contribution in [-0.2, 0) is 0 Å². The minimum atomic E-state index is -0.139. The monoisotopic (exact) mass is 351 g/mol. The van der Waals surface area contributed by atoms with Gasteiger partial charge in [-0.15, -0.1) is 0 Å². The number of imidazole rings is 1. The summed E-state index contributed by atoms with van der Waals surface area (Å²) in [5.74, 6) is 5.84. The Bertz CT molecular complexity index is 1130. The molecule has 1 amide bonds. The first-order valence-electron chi connectivity index (χ1n) is 8.66. The van der Waals surface area contributed by atoms with Crippen LogP contribution in [0.3, 0.4) is 0 Å². The summed E-state index contributed by atoms with van der Waals surface area (Å²) in [7, 11) is 0. The Morgan fingerprint density at radius 3 is 2.48 bits per heavy atom. The number of carbonyl (C=O) groups is 1. The molecule has 4 aromatic rings. The number of fused-ring (bicyclic) bond motifs is 1. The Kier molecular flexibility index (Phi) is 4.67. The number of rotatable bonds is 3. The molecule has 0 bridgehead atoms. The number of hydrogen-bond acceptors (Lipinski definition) is 2. The van der Waals surface area contributed by atoms with Gasteiger partial charge in [0.05, 0.1) is 17.6 Å². The van der Waals surface area contributed by atoms with E-state index >= 15 is 0 Å². The number of nitrogens with zero attached hydrogens (tertiary/aromatic N) is 2. The number of nitrogens with one attached hydrogen (secondary N) is 1. The number of hydrogen-bond donors (Lipinski definition) is 1. The summed E-state index contributed by atoms with van der Waals surface area (Å²) in [5.41, 5.74) is 4.47. The highest BCUT2D eigenvalue weighted by molar-refractivity contribution is 5.94. The smallest absolute Gasteiger partial charge is 0.252 e. The summed E-state index contributed by atoms with van der Waals surface area (Å²) in [5, 5.41) is 2.82. The van der Waals surface area contributed by atoms with E-state index in [1.54, 1.807) is 6.33 Å². The van der Waals surface area contributed by atoms with Crippen LogP contribution < -0.4 is 5.32 Å². The van der Waals surface area contributed by atoms with Crippen LogP contribution in [0, 0.1) is 11.8 Å². The molecule has 0 saturated carbocycles. The molecular weight excluding hydrogens is 334 g/mol. The largest absolute Gasteiger partial charge is 0.341 e. The number of benzene rings is 3. The van der Waals surface area contributed by atoms with Crippen LogP contribution in [0.5, 0.6) is 0 Å². The van der Waals surface area contributed by atoms with Crippen molar-refractivity contribution in [1.29, 1.82) is 0 Å². The van der Waals surface area contributed by atoms with Crippen molar-refractivity contribution in [2.75, 3.05) is 6.54 Å². The molecule has 27 heavy (non-hydrogen) atoms. The molecule has 1 heterocycles. The van der Waals surface area contributed by atoms with Crippen molar-refractivity contribution in [3.8, 4) is 17.5 Å². The van der Waals surface area contributed by atoms with E-state index in [1.165, 1.54) is 0 Å². The van der Waals surface area contributed by atoms with Gasteiger partial charge in [-0.1, -0.05) is 42.2 Å². The Labute approximate surface area is 157 Å². The number of carbonyl (C=O) groups excluding carboxylic acids is 1. The molecule has 130 valence electrons. The summed E-state index contributed by atoms with van der Waals surface area (Å²) in [4.78, 5) is 16.7. The zero-order valence-corrected chi connectivity index (χ0v) is 14.6. The van der Waals surface area contributed by atoms with Crippen molar-refractivity contribution in [1.82, 2.24) is 14.9 Å². The van der Waals surface area contributed by atoms with E-state index in [-0.39, 0.29) is 5.91 Å². The van der Waals surface area contributed by atoms with Crippen molar-refractivity contribution in [3.63, 3.8) is 0 Å². The third kappa shape index (κ3) is 3.73. The molecule has 0 aliphatic carbocycles. The second kappa shape index (κ2) is 7.59. The van der Waals surface area contributed by atoms with Gasteiger partial charge in [-0.3, -0.25) is 9.36 Å². The maximum atomic E-state index is 12.3. The molecule has 0 saturated heterocycles. The van der Waals surface area contributed by atoms with Crippen LogP contribution in [0.1, 0.15) is 15.9 Å². The van der Waals surface area contributed by atoms with Crippen LogP contribution in [0.4, 0.5) is 0 Å². The van der Waals surface area contributed by atoms with E-state index in [2.05, 4.69) is 22.1 Å². The average Bonchev–Trinajstić information content (AvgIpc) is 3.16. The SMILES string of the molecule is O=C(NCC#Cc1ccccc1)c1ccc(-n2cnc3ccccc32)cc1. The van der Waals surface area contributed by atoms with Crippen LogP contribution in [0.15, 0.2) is 85.2 Å². The summed E-state index contributed by atoms with van der Waals surface area (Å²) in [6, 6.07) is 25.1. The van der Waals surface area contributed by atoms with Crippen LogP contribution >= 0.6 is 0 Å². The maximum Gasteiger partial charge on any atom is 0.252 e. The average molecular weight is 351 g/mol. The zero-order valence-electron chi connectivity index (χ0n) is 14.6. The van der Waals surface area contributed by atoms with Crippen molar-refractivity contribution in [2.45, 2.75) is 0 Å². The lowest BCUT2D eigenvalue weighted by Crippen LogP contribution is -2.23. The lowest BCUT2D eigenvalue weighted by Gasteiger charge is -2.06. The highest BCUT2D eigenvalue weighted by Crippen LogP contribution is 2.18. The fraction of sp³-hybridized carbons (Fsp3) is 0.0435. The normalized spacial score (nSPS) is 10.2. The van der Waals surface area contributed by atoms with Gasteiger partial charge >= 0.3 is 0 Å². The van der Waals surface area contributed by atoms with Crippen molar-refractivity contribution in [2.24, 2.45) is 0 Å². The second-order valence-electron chi connectivity index (χ2n) is 6.00. The molecule has 1 N–H and O–H groups in total. The minimum absolute atomic E-state index is 0.139. The molecule has 3 aromatic carbocycles. The molecule has 0 fully saturated rings. The quantitative estimate of drug-likeness (QED) is 0.571. The van der Waals surface area contributed by atoms with Gasteiger partial charge in [0.2, 0.25) is 0 Å². The third-order valence-electron chi connectivity index (χ3n) is 4.21. The van der Waals surface area contributed by atoms with Crippen molar-refractivity contribution in [3.05, 3.63) is 96.3 Å². The molecule has 0 atom stereocenters. The standard InChI is InChI=1S/C23H17N3O/c27-23(24-16-6-9-18-7-2-1-3-8-18)19-12-14-20(15-13-19)26-17-25-21-10-4-5-11-22(21)26/h1-5,7-8,10-15,17H,16H2,(H,24,27). The van der Waals surface area contributed by atoms with Gasteiger partial charge in [0.15, 0.2) is 0 Å². The topological polar surface area (TPSA) is 46.9 Å². The van der Waals surface area contributed by atoms with E-state index in [9.17, 15) is 4.79 Å². The van der Waals surface area contributed by atoms with Crippen LogP contribution in [0.25, 0.3) is 16.7 Å². The lowest BCUT2D eigenvalue weighted by atomic mass is 10.2. The van der Waals surface area contributed by atoms with Gasteiger partial charge in [0, 0.05) is 16.8 Å². The summed E-state index contributed by atoms with van der Waals surface area (Å²) < 4.78 is 2.00. The molecule has 4 rings (SSSR count). The summed E-state index contributed by atoms with van der Waals surface area (Å²) in [6.45, 7) is 0.307. The van der Waals surface area contributed by atoms with E-state index < -0.39 is 0 Å². The predicted octanol–water partition coefficient (Wildman–Crippen LogP) is 3.81. The first-order chi connectivity index (χ1) is 13.3. The van der Waals surface area contributed by atoms with Crippen molar-refractivity contribution < 1.29 is 4.79 Å². The fourth-order valence-corrected chi connectivity index (χ4v) is 2.83. The Morgan fingerprint density at radius 2 is 1.67 bits per heavy atom. The molecule has 0 radical (unpaired) electrons. The molecule has 0 spiro atoms. The van der Waals surface area contributed by atoms with Gasteiger partial charge in [-0.25, -0.2) is 4.98 Å². The van der Waals surface area contributed by atoms with Crippen LogP contribution in [0.2, 0.25) is 0 Å². The van der Waals surface area contributed by atoms with Crippen molar-refractivity contribution >= 4 is 16.9 Å². The van der Waals surface area contributed by atoms with Crippen LogP contribution in [-0.4, -0.2) is 22.0 Å². The minimum Gasteiger partial charge on any atom is -0.341 e. The van der Waals surface area contributed by atoms with Gasteiger partial charge in [0.1, 0.15) is 6.33 Å². The van der Waals surface area contributed by atoms with Gasteiger partial charge in [0.25, 0.3) is 5.91 Å². The first kappa shape index (κ1) is 16.6. The zero-order chi connectivity index (χ0) is 18.5.